The molecule has 96 valence electrons. The van der Waals surface area contributed by atoms with E-state index in [1.165, 1.54) is 6.92 Å². The van der Waals surface area contributed by atoms with E-state index in [4.69, 9.17) is 9.84 Å². The molecule has 0 saturated carbocycles. The number of carboxylic acids is 1. The molecule has 0 radical (unpaired) electrons. The zero-order chi connectivity index (χ0) is 13.1. The Morgan fingerprint density at radius 1 is 1.59 bits per heavy atom. The summed E-state index contributed by atoms with van der Waals surface area (Å²) in [6.07, 6.45) is 0.495. The summed E-state index contributed by atoms with van der Waals surface area (Å²) in [5.41, 5.74) is -1.00. The Morgan fingerprint density at radius 3 is 2.65 bits per heavy atom. The third kappa shape index (κ3) is 2.95. The number of carbonyl (C=O) groups excluding carboxylic acids is 2. The number of carbonyl (C=O) groups is 3. The van der Waals surface area contributed by atoms with Crippen LogP contribution >= 0.6 is 0 Å². The summed E-state index contributed by atoms with van der Waals surface area (Å²) in [4.78, 5) is 33.8. The molecule has 1 rings (SSSR count). The number of amides is 1. The minimum absolute atomic E-state index is 0.0972. The largest absolute Gasteiger partial charge is 0.481 e. The molecule has 6 heteroatoms. The van der Waals surface area contributed by atoms with Crippen molar-refractivity contribution in [1.29, 1.82) is 0 Å². The number of rotatable bonds is 5. The van der Waals surface area contributed by atoms with Crippen LogP contribution in [0.1, 0.15) is 33.1 Å². The minimum atomic E-state index is -1.03. The second-order valence-electron chi connectivity index (χ2n) is 4.25. The summed E-state index contributed by atoms with van der Waals surface area (Å²) in [7, 11) is 0. The highest BCUT2D eigenvalue weighted by Crippen LogP contribution is 2.32. The monoisotopic (exact) mass is 243 g/mol. The van der Waals surface area contributed by atoms with Gasteiger partial charge in [0.15, 0.2) is 0 Å². The molecule has 1 saturated heterocycles. The Bertz CT molecular complexity index is 341. The second-order valence-corrected chi connectivity index (χ2v) is 4.25. The number of esters is 1. The standard InChI is InChI=1S/C11H17NO5/c1-3-17-9(14)6-11(7(2)10(15)16)5-4-8(13)12-11/h7H,3-6H2,1-2H3,(H,12,13)(H,15,16). The van der Waals surface area contributed by atoms with Crippen LogP contribution in [0.4, 0.5) is 0 Å². The summed E-state index contributed by atoms with van der Waals surface area (Å²) in [6, 6.07) is 0. The second kappa shape index (κ2) is 5.16. The van der Waals surface area contributed by atoms with E-state index in [0.29, 0.717) is 6.42 Å². The average molecular weight is 243 g/mol. The Hall–Kier alpha value is -1.59. The zero-order valence-corrected chi connectivity index (χ0v) is 9.99. The maximum atomic E-state index is 11.5. The molecule has 0 aromatic heterocycles. The van der Waals surface area contributed by atoms with Crippen LogP contribution in [0.3, 0.4) is 0 Å². The maximum Gasteiger partial charge on any atom is 0.308 e. The van der Waals surface area contributed by atoms with Gasteiger partial charge in [0.2, 0.25) is 5.91 Å². The van der Waals surface area contributed by atoms with Gasteiger partial charge in [-0.15, -0.1) is 0 Å². The molecule has 0 aromatic carbocycles. The number of nitrogens with one attached hydrogen (secondary N) is 1. The molecular formula is C11H17NO5. The number of aliphatic carboxylic acids is 1. The van der Waals surface area contributed by atoms with Crippen LogP contribution < -0.4 is 5.32 Å². The highest BCUT2D eigenvalue weighted by Gasteiger charge is 2.47. The Kier molecular flexibility index (Phi) is 4.09. The predicted molar refractivity (Wildman–Crippen MR) is 58.2 cm³/mol. The fourth-order valence-corrected chi connectivity index (χ4v) is 2.06. The summed E-state index contributed by atoms with van der Waals surface area (Å²) in [5, 5.41) is 11.7. The molecular weight excluding hydrogens is 226 g/mol. The summed E-state index contributed by atoms with van der Waals surface area (Å²) < 4.78 is 4.81. The first-order chi connectivity index (χ1) is 7.91. The first-order valence-corrected chi connectivity index (χ1v) is 5.60. The van der Waals surface area contributed by atoms with Gasteiger partial charge in [-0.05, 0) is 20.3 Å². The van der Waals surface area contributed by atoms with Crippen molar-refractivity contribution >= 4 is 17.8 Å². The van der Waals surface area contributed by atoms with E-state index < -0.39 is 23.4 Å². The third-order valence-electron chi connectivity index (χ3n) is 3.15. The van der Waals surface area contributed by atoms with Crippen molar-refractivity contribution in [2.45, 2.75) is 38.6 Å². The van der Waals surface area contributed by atoms with Gasteiger partial charge in [0, 0.05) is 6.42 Å². The first-order valence-electron chi connectivity index (χ1n) is 5.60. The Balaban J connectivity index is 2.84. The van der Waals surface area contributed by atoms with Crippen LogP contribution in [0.25, 0.3) is 0 Å². The molecule has 2 unspecified atom stereocenters. The summed E-state index contributed by atoms with van der Waals surface area (Å²) in [6.45, 7) is 3.41. The Morgan fingerprint density at radius 2 is 2.24 bits per heavy atom. The van der Waals surface area contributed by atoms with E-state index in [2.05, 4.69) is 5.32 Å². The normalized spacial score (nSPS) is 25.2. The highest BCUT2D eigenvalue weighted by atomic mass is 16.5. The lowest BCUT2D eigenvalue weighted by Crippen LogP contribution is -2.51. The highest BCUT2D eigenvalue weighted by molar-refractivity contribution is 5.84. The minimum Gasteiger partial charge on any atom is -0.481 e. The molecule has 17 heavy (non-hydrogen) atoms. The van der Waals surface area contributed by atoms with Gasteiger partial charge in [-0.25, -0.2) is 0 Å². The van der Waals surface area contributed by atoms with E-state index in [1.807, 2.05) is 0 Å². The van der Waals surface area contributed by atoms with Crippen LogP contribution in [-0.4, -0.2) is 35.1 Å². The van der Waals surface area contributed by atoms with Gasteiger partial charge >= 0.3 is 11.9 Å². The SMILES string of the molecule is CCOC(=O)CC1(C(C)C(=O)O)CCC(=O)N1. The third-order valence-corrected chi connectivity index (χ3v) is 3.15. The molecule has 1 amide bonds. The van der Waals surface area contributed by atoms with E-state index in [0.717, 1.165) is 0 Å². The van der Waals surface area contributed by atoms with Crippen molar-refractivity contribution in [2.24, 2.45) is 5.92 Å². The lowest BCUT2D eigenvalue weighted by Gasteiger charge is -2.31. The van der Waals surface area contributed by atoms with Crippen molar-refractivity contribution in [3.05, 3.63) is 0 Å². The van der Waals surface area contributed by atoms with Crippen LogP contribution in [0, 0.1) is 5.92 Å². The lowest BCUT2D eigenvalue weighted by atomic mass is 9.81. The number of hydrogen-bond acceptors (Lipinski definition) is 4. The van der Waals surface area contributed by atoms with Crippen molar-refractivity contribution in [3.63, 3.8) is 0 Å². The van der Waals surface area contributed by atoms with Gasteiger partial charge in [-0.3, -0.25) is 14.4 Å². The topological polar surface area (TPSA) is 92.7 Å². The van der Waals surface area contributed by atoms with E-state index in [9.17, 15) is 14.4 Å². The molecule has 2 N–H and O–H groups in total. The number of ether oxygens (including phenoxy) is 1. The molecule has 1 fully saturated rings. The maximum absolute atomic E-state index is 11.5. The van der Waals surface area contributed by atoms with Gasteiger partial charge in [-0.2, -0.15) is 0 Å². The quantitative estimate of drug-likeness (QED) is 0.678. The van der Waals surface area contributed by atoms with Crippen LogP contribution in [-0.2, 0) is 19.1 Å². The lowest BCUT2D eigenvalue weighted by molar-refractivity contribution is -0.149. The van der Waals surface area contributed by atoms with Crippen molar-refractivity contribution in [2.75, 3.05) is 6.61 Å². The first kappa shape index (κ1) is 13.5. The fourth-order valence-electron chi connectivity index (χ4n) is 2.06. The van der Waals surface area contributed by atoms with E-state index in [-0.39, 0.29) is 25.4 Å². The number of hydrogen-bond donors (Lipinski definition) is 2. The molecule has 1 aliphatic rings. The fraction of sp³-hybridized carbons (Fsp3) is 0.727. The summed E-state index contributed by atoms with van der Waals surface area (Å²) >= 11 is 0. The number of carboxylic acid groups (broad SMARTS) is 1. The zero-order valence-electron chi connectivity index (χ0n) is 9.99. The average Bonchev–Trinajstić information content (AvgIpc) is 2.60. The smallest absolute Gasteiger partial charge is 0.308 e. The van der Waals surface area contributed by atoms with Gasteiger partial charge < -0.3 is 15.2 Å². The van der Waals surface area contributed by atoms with Crippen molar-refractivity contribution < 1.29 is 24.2 Å². The van der Waals surface area contributed by atoms with Gasteiger partial charge in [0.1, 0.15) is 0 Å². The van der Waals surface area contributed by atoms with Gasteiger partial charge in [-0.1, -0.05) is 0 Å². The molecule has 0 spiro atoms. The van der Waals surface area contributed by atoms with E-state index in [1.54, 1.807) is 6.92 Å². The molecule has 1 heterocycles. The van der Waals surface area contributed by atoms with Gasteiger partial charge in [0.25, 0.3) is 0 Å². The van der Waals surface area contributed by atoms with Crippen LogP contribution in [0.15, 0.2) is 0 Å². The van der Waals surface area contributed by atoms with Gasteiger partial charge in [0.05, 0.1) is 24.5 Å². The summed E-state index contributed by atoms with van der Waals surface area (Å²) in [5.74, 6) is -2.56. The predicted octanol–water partition coefficient (Wildman–Crippen LogP) is 0.309. The molecule has 0 aliphatic carbocycles. The Labute approximate surface area is 99.3 Å². The molecule has 1 aliphatic heterocycles. The van der Waals surface area contributed by atoms with Crippen molar-refractivity contribution in [3.8, 4) is 0 Å². The molecule has 0 bridgehead atoms. The molecule has 2 atom stereocenters. The van der Waals surface area contributed by atoms with E-state index >= 15 is 0 Å². The van der Waals surface area contributed by atoms with Crippen LogP contribution in [0.5, 0.6) is 0 Å². The van der Waals surface area contributed by atoms with Crippen molar-refractivity contribution in [1.82, 2.24) is 5.32 Å². The van der Waals surface area contributed by atoms with Crippen LogP contribution in [0.2, 0.25) is 0 Å². The molecule has 6 nitrogen and oxygen atoms in total. The molecule has 0 aromatic rings.